The monoisotopic (exact) mass is 768 g/mol. The van der Waals surface area contributed by atoms with Gasteiger partial charge in [0.1, 0.15) is 6.10 Å². The highest BCUT2D eigenvalue weighted by atomic mass is 16.7. The molecule has 0 aliphatic rings. The summed E-state index contributed by atoms with van der Waals surface area (Å²) in [7, 11) is 4.00. The van der Waals surface area contributed by atoms with Crippen LogP contribution in [0, 0.1) is 5.92 Å². The average Bonchev–Trinajstić information content (AvgIpc) is 3.14. The molecule has 1 atom stereocenters. The zero-order valence-corrected chi connectivity index (χ0v) is 36.4. The second-order valence-corrected chi connectivity index (χ2v) is 16.2. The lowest BCUT2D eigenvalue weighted by Crippen LogP contribution is -2.23. The van der Waals surface area contributed by atoms with E-state index in [4.69, 9.17) is 18.9 Å². The molecule has 0 radical (unpaired) electrons. The van der Waals surface area contributed by atoms with Gasteiger partial charge >= 0.3 is 18.1 Å². The third kappa shape index (κ3) is 38.4. The summed E-state index contributed by atoms with van der Waals surface area (Å²) < 4.78 is 22.3. The van der Waals surface area contributed by atoms with Crippen molar-refractivity contribution in [3.63, 3.8) is 0 Å². The molecular weight excluding hydrogens is 679 g/mol. The van der Waals surface area contributed by atoms with E-state index in [0.29, 0.717) is 38.4 Å². The number of carbonyl (C=O) groups is 3. The van der Waals surface area contributed by atoms with Gasteiger partial charge in [0, 0.05) is 25.8 Å². The Balaban J connectivity index is 4.56. The second kappa shape index (κ2) is 40.8. The first kappa shape index (κ1) is 52.2. The highest BCUT2D eigenvalue weighted by Gasteiger charge is 2.19. The Bertz CT molecular complexity index is 820. The van der Waals surface area contributed by atoms with Crippen molar-refractivity contribution in [2.24, 2.45) is 5.92 Å². The van der Waals surface area contributed by atoms with E-state index in [1.807, 2.05) is 14.1 Å². The molecule has 0 amide bonds. The van der Waals surface area contributed by atoms with E-state index in [1.165, 1.54) is 109 Å². The van der Waals surface area contributed by atoms with E-state index in [2.05, 4.69) is 25.7 Å². The largest absolute Gasteiger partial charge is 0.508 e. The lowest BCUT2D eigenvalue weighted by molar-refractivity contribution is -0.146. The summed E-state index contributed by atoms with van der Waals surface area (Å²) in [4.78, 5) is 39.4. The minimum absolute atomic E-state index is 0.0456. The zero-order chi connectivity index (χ0) is 39.7. The van der Waals surface area contributed by atoms with Crippen LogP contribution in [0.5, 0.6) is 0 Å². The van der Waals surface area contributed by atoms with Crippen LogP contribution in [0.1, 0.15) is 226 Å². The average molecular weight is 768 g/mol. The number of unbranched alkanes of at least 4 members (excludes halogenated alkanes) is 21. The van der Waals surface area contributed by atoms with Crippen molar-refractivity contribution in [2.75, 3.05) is 40.5 Å². The van der Waals surface area contributed by atoms with Crippen LogP contribution in [-0.4, -0.2) is 69.6 Å². The van der Waals surface area contributed by atoms with Crippen molar-refractivity contribution in [2.45, 2.75) is 232 Å². The van der Waals surface area contributed by atoms with E-state index in [9.17, 15) is 14.4 Å². The molecule has 8 heteroatoms. The molecular formula is C46H89NO7. The first-order valence-corrected chi connectivity index (χ1v) is 23.1. The molecule has 8 nitrogen and oxygen atoms in total. The standard InChI is InChI=1S/C46H89NO7/c1-6-9-12-15-22-26-32-42(33-27-23-16-13-10-7-2)41-45(49)52-40-36-43(54-46(50)53-39-31-37-47(4)5)34-28-24-19-17-18-20-25-30-38-51-44(48)35-29-21-14-11-8-3/h42-43H,6-41H2,1-5H3. The van der Waals surface area contributed by atoms with Crippen molar-refractivity contribution in [3.05, 3.63) is 0 Å². The molecule has 0 spiro atoms. The molecule has 1 unspecified atom stereocenters. The van der Waals surface area contributed by atoms with Crippen molar-refractivity contribution >= 4 is 18.1 Å². The molecule has 0 bridgehead atoms. The van der Waals surface area contributed by atoms with Crippen LogP contribution in [0.25, 0.3) is 0 Å². The fraction of sp³-hybridized carbons (Fsp3) is 0.935. The number of hydrogen-bond donors (Lipinski definition) is 0. The molecule has 0 saturated carbocycles. The van der Waals surface area contributed by atoms with Gasteiger partial charge in [-0.25, -0.2) is 4.79 Å². The van der Waals surface area contributed by atoms with Crippen LogP contribution in [-0.2, 0) is 28.5 Å². The summed E-state index contributed by atoms with van der Waals surface area (Å²) in [6.45, 7) is 8.69. The highest BCUT2D eigenvalue weighted by molar-refractivity contribution is 5.69. The predicted molar refractivity (Wildman–Crippen MR) is 225 cm³/mol. The maximum absolute atomic E-state index is 13.0. The summed E-state index contributed by atoms with van der Waals surface area (Å²) in [6.07, 6.45) is 34.0. The Morgan fingerprint density at radius 1 is 0.444 bits per heavy atom. The third-order valence-electron chi connectivity index (χ3n) is 10.5. The van der Waals surface area contributed by atoms with Crippen molar-refractivity contribution in [1.29, 1.82) is 0 Å². The Morgan fingerprint density at radius 3 is 1.43 bits per heavy atom. The molecule has 0 rings (SSSR count). The summed E-state index contributed by atoms with van der Waals surface area (Å²) in [5.74, 6) is 0.236. The molecule has 0 aromatic heterocycles. The van der Waals surface area contributed by atoms with Gasteiger partial charge in [-0.1, -0.05) is 162 Å². The SMILES string of the molecule is CCCCCCCCC(CCCCCCCC)CC(=O)OCCC(CCCCCCCCCCOC(=O)CCCCCCC)OC(=O)OCCCN(C)C. The Hall–Kier alpha value is -1.83. The van der Waals surface area contributed by atoms with Crippen LogP contribution in [0.2, 0.25) is 0 Å². The number of esters is 2. The smallest absolute Gasteiger partial charge is 0.466 e. The normalized spacial score (nSPS) is 12.0. The Labute approximate surface area is 334 Å². The maximum atomic E-state index is 13.0. The molecule has 320 valence electrons. The predicted octanol–water partition coefficient (Wildman–Crippen LogP) is 13.3. The topological polar surface area (TPSA) is 91.4 Å². The van der Waals surface area contributed by atoms with Gasteiger partial charge in [0.2, 0.25) is 0 Å². The third-order valence-corrected chi connectivity index (χ3v) is 10.5. The number of hydrogen-bond acceptors (Lipinski definition) is 8. The maximum Gasteiger partial charge on any atom is 0.508 e. The van der Waals surface area contributed by atoms with Crippen LogP contribution in [0.15, 0.2) is 0 Å². The second-order valence-electron chi connectivity index (χ2n) is 16.2. The number of ether oxygens (including phenoxy) is 4. The van der Waals surface area contributed by atoms with Gasteiger partial charge < -0.3 is 23.8 Å². The first-order chi connectivity index (χ1) is 26.3. The quantitative estimate of drug-likeness (QED) is 0.0345. The molecule has 0 saturated heterocycles. The van der Waals surface area contributed by atoms with Crippen LogP contribution in [0.3, 0.4) is 0 Å². The number of nitrogens with zero attached hydrogens (tertiary/aromatic N) is 1. The highest BCUT2D eigenvalue weighted by Crippen LogP contribution is 2.23. The summed E-state index contributed by atoms with van der Waals surface area (Å²) in [5, 5.41) is 0. The zero-order valence-electron chi connectivity index (χ0n) is 36.4. The summed E-state index contributed by atoms with van der Waals surface area (Å²) in [5.41, 5.74) is 0. The lowest BCUT2D eigenvalue weighted by atomic mass is 9.91. The van der Waals surface area contributed by atoms with Gasteiger partial charge in [0.25, 0.3) is 0 Å². The van der Waals surface area contributed by atoms with Gasteiger partial charge in [-0.2, -0.15) is 0 Å². The first-order valence-electron chi connectivity index (χ1n) is 23.1. The molecule has 0 aliphatic carbocycles. The van der Waals surface area contributed by atoms with Gasteiger partial charge in [0.15, 0.2) is 0 Å². The number of rotatable bonds is 41. The molecule has 0 N–H and O–H groups in total. The van der Waals surface area contributed by atoms with E-state index in [0.717, 1.165) is 83.6 Å². The summed E-state index contributed by atoms with van der Waals surface area (Å²) in [6, 6.07) is 0. The fourth-order valence-electron chi connectivity index (χ4n) is 7.01. The van der Waals surface area contributed by atoms with E-state index >= 15 is 0 Å². The molecule has 0 heterocycles. The molecule has 0 fully saturated rings. The molecule has 54 heavy (non-hydrogen) atoms. The lowest BCUT2D eigenvalue weighted by Gasteiger charge is -2.19. The molecule has 0 aromatic rings. The Morgan fingerprint density at radius 2 is 0.889 bits per heavy atom. The van der Waals surface area contributed by atoms with E-state index in [1.54, 1.807) is 0 Å². The van der Waals surface area contributed by atoms with Crippen LogP contribution >= 0.6 is 0 Å². The van der Waals surface area contributed by atoms with Crippen LogP contribution in [0.4, 0.5) is 4.79 Å². The van der Waals surface area contributed by atoms with Crippen LogP contribution < -0.4 is 0 Å². The van der Waals surface area contributed by atoms with Gasteiger partial charge in [-0.3, -0.25) is 9.59 Å². The van der Waals surface area contributed by atoms with E-state index in [-0.39, 0.29) is 24.6 Å². The van der Waals surface area contributed by atoms with Crippen molar-refractivity contribution < 1.29 is 33.3 Å². The minimum atomic E-state index is -0.624. The van der Waals surface area contributed by atoms with Gasteiger partial charge in [0.05, 0.1) is 19.8 Å². The van der Waals surface area contributed by atoms with Crippen molar-refractivity contribution in [1.82, 2.24) is 4.90 Å². The summed E-state index contributed by atoms with van der Waals surface area (Å²) >= 11 is 0. The molecule has 0 aliphatic heterocycles. The molecule has 0 aromatic carbocycles. The Kier molecular flexibility index (Phi) is 39.4. The number of carbonyl (C=O) groups excluding carboxylic acids is 3. The van der Waals surface area contributed by atoms with Gasteiger partial charge in [-0.05, 0) is 65.0 Å². The van der Waals surface area contributed by atoms with Gasteiger partial charge in [-0.15, -0.1) is 0 Å². The fourth-order valence-corrected chi connectivity index (χ4v) is 7.01. The minimum Gasteiger partial charge on any atom is -0.466 e. The van der Waals surface area contributed by atoms with E-state index < -0.39 is 6.16 Å². The van der Waals surface area contributed by atoms with Crippen molar-refractivity contribution in [3.8, 4) is 0 Å².